The molecule has 0 fully saturated rings. The summed E-state index contributed by atoms with van der Waals surface area (Å²) in [7, 11) is 0. The number of nitrogens with two attached hydrogens (primary N) is 1. The number of amides is 1. The number of carbonyl (C=O) groups is 1. The Morgan fingerprint density at radius 1 is 1.43 bits per heavy atom. The van der Waals surface area contributed by atoms with Crippen LogP contribution in [0.5, 0.6) is 0 Å². The summed E-state index contributed by atoms with van der Waals surface area (Å²) in [6.07, 6.45) is 1.65. The van der Waals surface area contributed by atoms with E-state index in [2.05, 4.69) is 20.9 Å². The Hall–Kier alpha value is -1.42. The molecular formula is C10H7BrN2O. The number of nitrogens with zero attached hydrogens (tertiary/aromatic N) is 1. The molecule has 0 atom stereocenters. The topological polar surface area (TPSA) is 56.0 Å². The van der Waals surface area contributed by atoms with Crippen molar-refractivity contribution in [1.82, 2.24) is 4.98 Å². The zero-order valence-corrected chi connectivity index (χ0v) is 8.78. The molecule has 2 rings (SSSR count). The normalized spacial score (nSPS) is 10.4. The summed E-state index contributed by atoms with van der Waals surface area (Å²) in [6, 6.07) is 7.25. The van der Waals surface area contributed by atoms with E-state index < -0.39 is 5.91 Å². The number of hydrogen-bond donors (Lipinski definition) is 1. The second-order valence-corrected chi connectivity index (χ2v) is 3.81. The highest BCUT2D eigenvalue weighted by Gasteiger charge is 2.06. The van der Waals surface area contributed by atoms with E-state index in [0.29, 0.717) is 11.1 Å². The molecule has 1 aromatic heterocycles. The lowest BCUT2D eigenvalue weighted by atomic mass is 10.1. The zero-order chi connectivity index (χ0) is 10.1. The molecule has 0 radical (unpaired) electrons. The summed E-state index contributed by atoms with van der Waals surface area (Å²) in [5.74, 6) is -0.453. The highest BCUT2D eigenvalue weighted by Crippen LogP contribution is 2.19. The van der Waals surface area contributed by atoms with Gasteiger partial charge in [-0.15, -0.1) is 0 Å². The molecule has 4 heteroatoms. The van der Waals surface area contributed by atoms with Crippen LogP contribution >= 0.6 is 15.9 Å². The molecule has 0 spiro atoms. The third kappa shape index (κ3) is 1.48. The van der Waals surface area contributed by atoms with Crippen molar-refractivity contribution in [2.45, 2.75) is 0 Å². The molecule has 3 nitrogen and oxygen atoms in total. The molecule has 0 bridgehead atoms. The minimum absolute atomic E-state index is 0.453. The van der Waals surface area contributed by atoms with E-state index in [4.69, 9.17) is 5.73 Å². The molecule has 0 aliphatic heterocycles. The Bertz CT molecular complexity index is 510. The second-order valence-electron chi connectivity index (χ2n) is 2.90. The number of benzene rings is 1. The average Bonchev–Trinajstić information content (AvgIpc) is 2.16. The predicted octanol–water partition coefficient (Wildman–Crippen LogP) is 2.10. The van der Waals surface area contributed by atoms with Gasteiger partial charge in [-0.25, -0.2) is 0 Å². The largest absolute Gasteiger partial charge is 0.366 e. The maximum Gasteiger partial charge on any atom is 0.250 e. The molecule has 1 aromatic carbocycles. The van der Waals surface area contributed by atoms with Crippen molar-refractivity contribution in [3.05, 3.63) is 40.5 Å². The fourth-order valence-electron chi connectivity index (χ4n) is 1.33. The molecule has 2 aromatic rings. The molecule has 70 valence electrons. The highest BCUT2D eigenvalue weighted by atomic mass is 79.9. The summed E-state index contributed by atoms with van der Waals surface area (Å²) in [4.78, 5) is 15.2. The van der Waals surface area contributed by atoms with E-state index in [0.717, 1.165) is 9.86 Å². The first kappa shape index (κ1) is 9.15. The van der Waals surface area contributed by atoms with Crippen LogP contribution in [-0.4, -0.2) is 10.9 Å². The summed E-state index contributed by atoms with van der Waals surface area (Å²) < 4.78 is 0.881. The standard InChI is InChI=1S/C10H7BrN2O/c11-7-4-6-2-1-3-8(10(12)14)9(6)13-5-7/h1-5H,(H2,12,14). The van der Waals surface area contributed by atoms with Gasteiger partial charge < -0.3 is 5.73 Å². The SMILES string of the molecule is NC(=O)c1cccc2cc(Br)cnc12. The number of primary amides is 1. The van der Waals surface area contributed by atoms with Gasteiger partial charge in [0.2, 0.25) is 0 Å². The van der Waals surface area contributed by atoms with Gasteiger partial charge >= 0.3 is 0 Å². The van der Waals surface area contributed by atoms with E-state index in [1.165, 1.54) is 0 Å². The minimum Gasteiger partial charge on any atom is -0.366 e. The molecule has 1 amide bonds. The highest BCUT2D eigenvalue weighted by molar-refractivity contribution is 9.10. The number of hydrogen-bond acceptors (Lipinski definition) is 2. The number of para-hydroxylation sites is 1. The van der Waals surface area contributed by atoms with Crippen LogP contribution in [0.2, 0.25) is 0 Å². The average molecular weight is 251 g/mol. The molecule has 0 unspecified atom stereocenters. The van der Waals surface area contributed by atoms with E-state index in [-0.39, 0.29) is 0 Å². The monoisotopic (exact) mass is 250 g/mol. The van der Waals surface area contributed by atoms with Crippen molar-refractivity contribution in [2.75, 3.05) is 0 Å². The molecule has 1 heterocycles. The van der Waals surface area contributed by atoms with Gasteiger partial charge in [-0.3, -0.25) is 9.78 Å². The minimum atomic E-state index is -0.453. The van der Waals surface area contributed by atoms with Crippen LogP contribution in [0.3, 0.4) is 0 Å². The fraction of sp³-hybridized carbons (Fsp3) is 0. The number of halogens is 1. The van der Waals surface area contributed by atoms with Gasteiger partial charge in [0.05, 0.1) is 11.1 Å². The van der Waals surface area contributed by atoms with E-state index >= 15 is 0 Å². The summed E-state index contributed by atoms with van der Waals surface area (Å²) in [5, 5.41) is 0.899. The van der Waals surface area contributed by atoms with Crippen LogP contribution in [0.4, 0.5) is 0 Å². The van der Waals surface area contributed by atoms with E-state index in [9.17, 15) is 4.79 Å². The summed E-state index contributed by atoms with van der Waals surface area (Å²) in [5.41, 5.74) is 6.32. The number of aromatic nitrogens is 1. The lowest BCUT2D eigenvalue weighted by Gasteiger charge is -2.01. The molecule has 0 aliphatic rings. The third-order valence-corrected chi connectivity index (χ3v) is 2.38. The van der Waals surface area contributed by atoms with Gasteiger partial charge in [-0.05, 0) is 28.1 Å². The molecule has 0 saturated heterocycles. The van der Waals surface area contributed by atoms with Gasteiger partial charge in [0, 0.05) is 16.1 Å². The first-order valence-electron chi connectivity index (χ1n) is 4.02. The van der Waals surface area contributed by atoms with Crippen molar-refractivity contribution in [2.24, 2.45) is 5.73 Å². The van der Waals surface area contributed by atoms with Crippen LogP contribution < -0.4 is 5.73 Å². The second kappa shape index (κ2) is 3.38. The van der Waals surface area contributed by atoms with Crippen LogP contribution in [0.15, 0.2) is 34.9 Å². The van der Waals surface area contributed by atoms with Crippen molar-refractivity contribution in [3.8, 4) is 0 Å². The van der Waals surface area contributed by atoms with Crippen molar-refractivity contribution >= 4 is 32.7 Å². The Morgan fingerprint density at radius 2 is 2.21 bits per heavy atom. The first-order chi connectivity index (χ1) is 6.68. The smallest absolute Gasteiger partial charge is 0.250 e. The van der Waals surface area contributed by atoms with Gasteiger partial charge in [0.15, 0.2) is 0 Å². The fourth-order valence-corrected chi connectivity index (χ4v) is 1.68. The maximum absolute atomic E-state index is 11.1. The lowest BCUT2D eigenvalue weighted by Crippen LogP contribution is -2.11. The van der Waals surface area contributed by atoms with Gasteiger partial charge in [-0.1, -0.05) is 12.1 Å². The number of pyridine rings is 1. The van der Waals surface area contributed by atoms with Crippen molar-refractivity contribution < 1.29 is 4.79 Å². The van der Waals surface area contributed by atoms with Gasteiger partial charge in [-0.2, -0.15) is 0 Å². The lowest BCUT2D eigenvalue weighted by molar-refractivity contribution is 0.100. The van der Waals surface area contributed by atoms with Crippen LogP contribution in [0.1, 0.15) is 10.4 Å². The summed E-state index contributed by atoms with van der Waals surface area (Å²) >= 11 is 3.32. The number of carbonyl (C=O) groups excluding carboxylic acids is 1. The van der Waals surface area contributed by atoms with Crippen molar-refractivity contribution in [3.63, 3.8) is 0 Å². The number of rotatable bonds is 1. The molecule has 2 N–H and O–H groups in total. The molecular weight excluding hydrogens is 244 g/mol. The Balaban J connectivity index is 2.81. The van der Waals surface area contributed by atoms with E-state index in [1.807, 2.05) is 12.1 Å². The Labute approximate surface area is 89.1 Å². The zero-order valence-electron chi connectivity index (χ0n) is 7.20. The molecule has 0 aliphatic carbocycles. The van der Waals surface area contributed by atoms with E-state index in [1.54, 1.807) is 18.3 Å². The quantitative estimate of drug-likeness (QED) is 0.843. The summed E-state index contributed by atoms with van der Waals surface area (Å²) in [6.45, 7) is 0. The molecule has 0 saturated carbocycles. The van der Waals surface area contributed by atoms with Gasteiger partial charge in [0.1, 0.15) is 0 Å². The molecule has 14 heavy (non-hydrogen) atoms. The number of fused-ring (bicyclic) bond motifs is 1. The van der Waals surface area contributed by atoms with Crippen molar-refractivity contribution in [1.29, 1.82) is 0 Å². The maximum atomic E-state index is 11.1. The Kier molecular flexibility index (Phi) is 2.21. The van der Waals surface area contributed by atoms with Gasteiger partial charge in [0.25, 0.3) is 5.91 Å². The van der Waals surface area contributed by atoms with Crippen LogP contribution in [-0.2, 0) is 0 Å². The van der Waals surface area contributed by atoms with Crippen LogP contribution in [0.25, 0.3) is 10.9 Å². The first-order valence-corrected chi connectivity index (χ1v) is 4.82. The van der Waals surface area contributed by atoms with Crippen LogP contribution in [0, 0.1) is 0 Å². The predicted molar refractivity (Wildman–Crippen MR) is 58.0 cm³/mol. The Morgan fingerprint density at radius 3 is 2.93 bits per heavy atom. The third-order valence-electron chi connectivity index (χ3n) is 1.94.